The molecule has 0 atom stereocenters. The zero-order chi connectivity index (χ0) is 9.80. The molecule has 0 amide bonds. The molecule has 0 N–H and O–H groups in total. The van der Waals surface area contributed by atoms with E-state index in [-0.39, 0.29) is 7.43 Å². The summed E-state index contributed by atoms with van der Waals surface area (Å²) in [5, 5.41) is 0. The normalized spacial score (nSPS) is 9.73. The lowest BCUT2D eigenvalue weighted by Crippen LogP contribution is -1.94. The maximum atomic E-state index is 2.24. The Balaban J connectivity index is 0.00000112. The molecular formula is C15H18. The fourth-order valence-corrected chi connectivity index (χ4v) is 1.68. The van der Waals surface area contributed by atoms with E-state index < -0.39 is 0 Å². The largest absolute Gasteiger partial charge is 0.0776 e. The second kappa shape index (κ2) is 5.35. The van der Waals surface area contributed by atoms with Gasteiger partial charge in [0.2, 0.25) is 0 Å². The van der Waals surface area contributed by atoms with Gasteiger partial charge in [0, 0.05) is 5.92 Å². The Kier molecular flexibility index (Phi) is 4.11. The molecule has 0 aliphatic heterocycles. The Morgan fingerprint density at radius 3 is 1.33 bits per heavy atom. The van der Waals surface area contributed by atoms with E-state index in [0.717, 1.165) is 0 Å². The third-order valence-electron chi connectivity index (χ3n) is 2.60. The van der Waals surface area contributed by atoms with Crippen LogP contribution in [0.2, 0.25) is 0 Å². The molecule has 2 rings (SSSR count). The summed E-state index contributed by atoms with van der Waals surface area (Å²) in [5.74, 6) is 0.484. The summed E-state index contributed by atoms with van der Waals surface area (Å²) in [7, 11) is 0. The van der Waals surface area contributed by atoms with Gasteiger partial charge in [-0.15, -0.1) is 0 Å². The van der Waals surface area contributed by atoms with Crippen molar-refractivity contribution in [3.8, 4) is 0 Å². The number of hydrogen-bond donors (Lipinski definition) is 0. The lowest BCUT2D eigenvalue weighted by molar-refractivity contribution is 0.922. The zero-order valence-electron chi connectivity index (χ0n) is 8.35. The van der Waals surface area contributed by atoms with Crippen LogP contribution < -0.4 is 0 Å². The highest BCUT2D eigenvalue weighted by molar-refractivity contribution is 5.31. The maximum absolute atomic E-state index is 2.24. The number of benzene rings is 2. The van der Waals surface area contributed by atoms with Crippen molar-refractivity contribution in [3.63, 3.8) is 0 Å². The first kappa shape index (κ1) is 11.5. The summed E-state index contributed by atoms with van der Waals surface area (Å²) in [5.41, 5.74) is 2.75. The Hall–Kier alpha value is -1.56. The van der Waals surface area contributed by atoms with Gasteiger partial charge in [0.05, 0.1) is 0 Å². The average Bonchev–Trinajstić information content (AvgIpc) is 2.30. The van der Waals surface area contributed by atoms with Crippen LogP contribution >= 0.6 is 0 Å². The topological polar surface area (TPSA) is 0 Å². The van der Waals surface area contributed by atoms with E-state index in [0.29, 0.717) is 5.92 Å². The van der Waals surface area contributed by atoms with Crippen molar-refractivity contribution in [2.45, 2.75) is 20.3 Å². The Morgan fingerprint density at radius 2 is 1.00 bits per heavy atom. The van der Waals surface area contributed by atoms with Gasteiger partial charge in [0.1, 0.15) is 0 Å². The van der Waals surface area contributed by atoms with Gasteiger partial charge in [-0.2, -0.15) is 0 Å². The summed E-state index contributed by atoms with van der Waals surface area (Å²) in [6.45, 7) is 2.24. The third-order valence-corrected chi connectivity index (χ3v) is 2.60. The molecule has 2 aromatic rings. The standard InChI is InChI=1S/C14H14.CH4/c1-12(13-8-4-2-5-9-13)14-10-6-3-7-11-14;/h2-12H,1H3;1H4. The molecule has 0 saturated heterocycles. The molecule has 0 heteroatoms. The highest BCUT2D eigenvalue weighted by atomic mass is 14.1. The van der Waals surface area contributed by atoms with Crippen LogP contribution in [0.1, 0.15) is 31.4 Å². The van der Waals surface area contributed by atoms with Crippen LogP contribution in [0.4, 0.5) is 0 Å². The van der Waals surface area contributed by atoms with E-state index in [4.69, 9.17) is 0 Å². The summed E-state index contributed by atoms with van der Waals surface area (Å²) in [4.78, 5) is 0. The molecule has 2 aromatic carbocycles. The van der Waals surface area contributed by atoms with Crippen molar-refractivity contribution < 1.29 is 0 Å². The summed E-state index contributed by atoms with van der Waals surface area (Å²) < 4.78 is 0. The fourth-order valence-electron chi connectivity index (χ4n) is 1.68. The van der Waals surface area contributed by atoms with Crippen LogP contribution in [0.3, 0.4) is 0 Å². The SMILES string of the molecule is C.CC(c1ccccc1)c1ccccc1. The molecule has 15 heavy (non-hydrogen) atoms. The molecule has 0 aromatic heterocycles. The van der Waals surface area contributed by atoms with Crippen molar-refractivity contribution in [2.24, 2.45) is 0 Å². The van der Waals surface area contributed by atoms with Crippen molar-refractivity contribution in [2.75, 3.05) is 0 Å². The van der Waals surface area contributed by atoms with Crippen molar-refractivity contribution in [1.29, 1.82) is 0 Å². The van der Waals surface area contributed by atoms with Crippen LogP contribution in [-0.4, -0.2) is 0 Å². The van der Waals surface area contributed by atoms with Crippen molar-refractivity contribution in [3.05, 3.63) is 71.8 Å². The maximum Gasteiger partial charge on any atom is 0.00610 e. The van der Waals surface area contributed by atoms with E-state index in [2.05, 4.69) is 67.6 Å². The molecule has 0 fully saturated rings. The monoisotopic (exact) mass is 198 g/mol. The number of rotatable bonds is 2. The minimum absolute atomic E-state index is 0. The predicted octanol–water partition coefficient (Wildman–Crippen LogP) is 4.47. The van der Waals surface area contributed by atoms with E-state index >= 15 is 0 Å². The summed E-state index contributed by atoms with van der Waals surface area (Å²) in [6, 6.07) is 21.2. The van der Waals surface area contributed by atoms with E-state index in [1.54, 1.807) is 0 Å². The van der Waals surface area contributed by atoms with Gasteiger partial charge in [-0.1, -0.05) is 75.0 Å². The first-order chi connectivity index (χ1) is 6.88. The Labute approximate surface area is 92.6 Å². The zero-order valence-corrected chi connectivity index (χ0v) is 8.35. The molecule has 0 heterocycles. The highest BCUT2D eigenvalue weighted by Gasteiger charge is 2.05. The highest BCUT2D eigenvalue weighted by Crippen LogP contribution is 2.22. The van der Waals surface area contributed by atoms with Gasteiger partial charge >= 0.3 is 0 Å². The van der Waals surface area contributed by atoms with Crippen molar-refractivity contribution in [1.82, 2.24) is 0 Å². The fraction of sp³-hybridized carbons (Fsp3) is 0.200. The van der Waals surface area contributed by atoms with Gasteiger partial charge in [-0.3, -0.25) is 0 Å². The van der Waals surface area contributed by atoms with Crippen LogP contribution in [0.25, 0.3) is 0 Å². The molecular weight excluding hydrogens is 180 g/mol. The number of hydrogen-bond acceptors (Lipinski definition) is 0. The van der Waals surface area contributed by atoms with Gasteiger partial charge in [-0.05, 0) is 11.1 Å². The van der Waals surface area contributed by atoms with E-state index in [1.165, 1.54) is 11.1 Å². The minimum Gasteiger partial charge on any atom is -0.0776 e. The molecule has 0 spiro atoms. The van der Waals surface area contributed by atoms with Crippen LogP contribution in [0.15, 0.2) is 60.7 Å². The first-order valence-corrected chi connectivity index (χ1v) is 4.98. The lowest BCUT2D eigenvalue weighted by atomic mass is 9.93. The minimum atomic E-state index is 0. The molecule has 0 unspecified atom stereocenters. The molecule has 0 saturated carbocycles. The quantitative estimate of drug-likeness (QED) is 0.667. The summed E-state index contributed by atoms with van der Waals surface area (Å²) in [6.07, 6.45) is 0. The Morgan fingerprint density at radius 1 is 0.667 bits per heavy atom. The van der Waals surface area contributed by atoms with Gasteiger partial charge < -0.3 is 0 Å². The molecule has 0 radical (unpaired) electrons. The third kappa shape index (κ3) is 2.69. The second-order valence-electron chi connectivity index (χ2n) is 3.54. The molecule has 0 aliphatic rings. The molecule has 0 bridgehead atoms. The molecule has 0 nitrogen and oxygen atoms in total. The lowest BCUT2D eigenvalue weighted by Gasteiger charge is -2.11. The first-order valence-electron chi connectivity index (χ1n) is 4.98. The molecule has 0 aliphatic carbocycles. The van der Waals surface area contributed by atoms with E-state index in [1.807, 2.05) is 0 Å². The van der Waals surface area contributed by atoms with Gasteiger partial charge in [-0.25, -0.2) is 0 Å². The van der Waals surface area contributed by atoms with Gasteiger partial charge in [0.15, 0.2) is 0 Å². The van der Waals surface area contributed by atoms with Crippen LogP contribution in [0.5, 0.6) is 0 Å². The predicted molar refractivity (Wildman–Crippen MR) is 67.1 cm³/mol. The van der Waals surface area contributed by atoms with Crippen LogP contribution in [-0.2, 0) is 0 Å². The second-order valence-corrected chi connectivity index (χ2v) is 3.54. The van der Waals surface area contributed by atoms with Gasteiger partial charge in [0.25, 0.3) is 0 Å². The summed E-state index contributed by atoms with van der Waals surface area (Å²) >= 11 is 0. The van der Waals surface area contributed by atoms with E-state index in [9.17, 15) is 0 Å². The smallest absolute Gasteiger partial charge is 0.00610 e. The van der Waals surface area contributed by atoms with Crippen LogP contribution in [0, 0.1) is 0 Å². The average molecular weight is 198 g/mol. The Bertz CT molecular complexity index is 336. The van der Waals surface area contributed by atoms with Crippen molar-refractivity contribution >= 4 is 0 Å². The molecule has 78 valence electrons.